The van der Waals surface area contributed by atoms with Gasteiger partial charge in [-0.2, -0.15) is 0 Å². The molecule has 0 spiro atoms. The number of hydrogen-bond donors (Lipinski definition) is 0. The molecule has 0 aromatic rings. The quantitative estimate of drug-likeness (QED) is 0.340. The molecule has 0 amide bonds. The molecule has 0 fully saturated rings. The second-order valence-corrected chi connectivity index (χ2v) is 6.28. The highest BCUT2D eigenvalue weighted by molar-refractivity contribution is 6.51. The maximum Gasteiger partial charge on any atom is 0.210 e. The Hall–Kier alpha value is 0.757. The summed E-state index contributed by atoms with van der Waals surface area (Å²) in [5.41, 5.74) is 0. The first-order valence-corrected chi connectivity index (χ1v) is 7.75. The van der Waals surface area contributed by atoms with Crippen LogP contribution in [-0.4, -0.2) is 27.9 Å². The Balaban J connectivity index is 3.28. The summed E-state index contributed by atoms with van der Waals surface area (Å²) in [5.74, 6) is 1.56. The van der Waals surface area contributed by atoms with Crippen molar-refractivity contribution < 1.29 is 4.43 Å². The summed E-state index contributed by atoms with van der Waals surface area (Å²) in [6.45, 7) is 0. The van der Waals surface area contributed by atoms with Crippen molar-refractivity contribution in [1.29, 1.82) is 0 Å². The first kappa shape index (κ1) is 13.8. The minimum absolute atomic E-state index is 0.546. The Morgan fingerprint density at radius 3 is 1.69 bits per heavy atom. The molecule has 0 heterocycles. The van der Waals surface area contributed by atoms with E-state index >= 15 is 0 Å². The molecular formula is C9H19Cl2OSi. The van der Waals surface area contributed by atoms with Crippen molar-refractivity contribution in [3.8, 4) is 0 Å². The van der Waals surface area contributed by atoms with Crippen molar-refractivity contribution in [2.75, 3.05) is 18.9 Å². The zero-order valence-electron chi connectivity index (χ0n) is 8.32. The molecule has 0 unspecified atom stereocenters. The van der Waals surface area contributed by atoms with Gasteiger partial charge in [0.15, 0.2) is 0 Å². The van der Waals surface area contributed by atoms with Crippen molar-refractivity contribution in [3.63, 3.8) is 0 Å². The molecule has 0 aromatic carbocycles. The van der Waals surface area contributed by atoms with E-state index < -0.39 is 9.04 Å². The van der Waals surface area contributed by atoms with Gasteiger partial charge in [-0.15, -0.1) is 23.2 Å². The maximum atomic E-state index is 5.61. The van der Waals surface area contributed by atoms with Gasteiger partial charge in [0, 0.05) is 18.9 Å². The highest BCUT2D eigenvalue weighted by atomic mass is 35.5. The van der Waals surface area contributed by atoms with E-state index in [-0.39, 0.29) is 0 Å². The molecule has 79 valence electrons. The minimum Gasteiger partial charge on any atom is -0.420 e. The van der Waals surface area contributed by atoms with Crippen LogP contribution in [-0.2, 0) is 4.43 Å². The van der Waals surface area contributed by atoms with E-state index in [1.807, 2.05) is 7.11 Å². The van der Waals surface area contributed by atoms with E-state index in [1.54, 1.807) is 0 Å². The summed E-state index contributed by atoms with van der Waals surface area (Å²) in [5, 5.41) is 0. The largest absolute Gasteiger partial charge is 0.420 e. The van der Waals surface area contributed by atoms with Gasteiger partial charge in [0.2, 0.25) is 9.04 Å². The van der Waals surface area contributed by atoms with E-state index in [2.05, 4.69) is 0 Å². The number of hydrogen-bond acceptors (Lipinski definition) is 1. The molecule has 1 radical (unpaired) electrons. The second kappa shape index (κ2) is 10.8. The van der Waals surface area contributed by atoms with Gasteiger partial charge in [0.25, 0.3) is 0 Å². The molecule has 4 heteroatoms. The lowest BCUT2D eigenvalue weighted by Crippen LogP contribution is -2.15. The molecule has 13 heavy (non-hydrogen) atoms. The summed E-state index contributed by atoms with van der Waals surface area (Å²) in [6.07, 6.45) is 4.67. The second-order valence-electron chi connectivity index (χ2n) is 3.03. The van der Waals surface area contributed by atoms with Crippen molar-refractivity contribution in [2.45, 2.75) is 37.8 Å². The topological polar surface area (TPSA) is 9.23 Å². The predicted molar refractivity (Wildman–Crippen MR) is 62.3 cm³/mol. The summed E-state index contributed by atoms with van der Waals surface area (Å²) in [4.78, 5) is 0. The van der Waals surface area contributed by atoms with Gasteiger partial charge in [-0.25, -0.2) is 0 Å². The Kier molecular flexibility index (Phi) is 11.5. The van der Waals surface area contributed by atoms with E-state index in [1.165, 1.54) is 24.9 Å². The normalized spacial score (nSPS) is 11.1. The van der Waals surface area contributed by atoms with E-state index in [4.69, 9.17) is 27.6 Å². The molecule has 0 aromatic heterocycles. The van der Waals surface area contributed by atoms with Gasteiger partial charge in [-0.05, 0) is 24.9 Å². The van der Waals surface area contributed by atoms with Crippen molar-refractivity contribution in [2.24, 2.45) is 0 Å². The Morgan fingerprint density at radius 1 is 0.923 bits per heavy atom. The van der Waals surface area contributed by atoms with Gasteiger partial charge < -0.3 is 4.43 Å². The average Bonchev–Trinajstić information content (AvgIpc) is 2.16. The molecule has 0 aliphatic carbocycles. The summed E-state index contributed by atoms with van der Waals surface area (Å²) >= 11 is 11.2. The molecule has 0 bridgehead atoms. The van der Waals surface area contributed by atoms with E-state index in [0.717, 1.165) is 24.6 Å². The van der Waals surface area contributed by atoms with Crippen LogP contribution in [0.3, 0.4) is 0 Å². The van der Waals surface area contributed by atoms with E-state index in [0.29, 0.717) is 0 Å². The predicted octanol–water partition coefficient (Wildman–Crippen LogP) is 3.66. The SMILES string of the molecule is CO[Si](CCCCCl)CCCCCl. The molecule has 0 saturated carbocycles. The first-order valence-electron chi connectivity index (χ1n) is 4.85. The van der Waals surface area contributed by atoms with Crippen LogP contribution in [0.1, 0.15) is 25.7 Å². The Bertz CT molecular complexity index is 93.6. The number of unbranched alkanes of at least 4 members (excludes halogenated alkanes) is 2. The third-order valence-electron chi connectivity index (χ3n) is 1.97. The smallest absolute Gasteiger partial charge is 0.210 e. The van der Waals surface area contributed by atoms with Crippen molar-refractivity contribution >= 4 is 32.2 Å². The summed E-state index contributed by atoms with van der Waals surface area (Å²) in [7, 11) is 1.28. The van der Waals surface area contributed by atoms with Crippen LogP contribution in [0.25, 0.3) is 0 Å². The molecule has 1 nitrogen and oxygen atoms in total. The number of halogens is 2. The van der Waals surface area contributed by atoms with Crippen LogP contribution in [0.4, 0.5) is 0 Å². The molecule has 0 N–H and O–H groups in total. The fourth-order valence-corrected chi connectivity index (χ4v) is 3.49. The van der Waals surface area contributed by atoms with Crippen LogP contribution in [0.2, 0.25) is 12.1 Å². The van der Waals surface area contributed by atoms with Gasteiger partial charge in [0.1, 0.15) is 0 Å². The molecule has 0 aliphatic heterocycles. The maximum absolute atomic E-state index is 5.61. The Morgan fingerprint density at radius 2 is 1.38 bits per heavy atom. The highest BCUT2D eigenvalue weighted by Crippen LogP contribution is 2.11. The Labute approximate surface area is 93.5 Å². The van der Waals surface area contributed by atoms with Crippen LogP contribution >= 0.6 is 23.2 Å². The van der Waals surface area contributed by atoms with Gasteiger partial charge in [-0.1, -0.05) is 12.8 Å². The molecule has 0 atom stereocenters. The van der Waals surface area contributed by atoms with Crippen LogP contribution in [0, 0.1) is 0 Å². The summed E-state index contributed by atoms with van der Waals surface area (Å²) in [6, 6.07) is 2.46. The molecule has 0 aliphatic rings. The van der Waals surface area contributed by atoms with Crippen LogP contribution < -0.4 is 0 Å². The van der Waals surface area contributed by atoms with Crippen LogP contribution in [0.5, 0.6) is 0 Å². The molecular weight excluding hydrogens is 223 g/mol. The monoisotopic (exact) mass is 241 g/mol. The lowest BCUT2D eigenvalue weighted by atomic mass is 10.4. The third-order valence-corrected chi connectivity index (χ3v) is 4.90. The number of alkyl halides is 2. The fraction of sp³-hybridized carbons (Fsp3) is 1.00. The lowest BCUT2D eigenvalue weighted by molar-refractivity contribution is 0.414. The molecule has 0 rings (SSSR count). The fourth-order valence-electron chi connectivity index (χ4n) is 1.16. The van der Waals surface area contributed by atoms with Gasteiger partial charge in [0.05, 0.1) is 0 Å². The molecule has 0 saturated heterocycles. The zero-order valence-corrected chi connectivity index (χ0v) is 10.8. The standard InChI is InChI=1S/C9H19Cl2OSi/c1-12-13(8-4-2-6-10)9-5-3-7-11/h2-9H2,1H3. The number of rotatable bonds is 9. The van der Waals surface area contributed by atoms with Gasteiger partial charge >= 0.3 is 0 Å². The average molecular weight is 242 g/mol. The van der Waals surface area contributed by atoms with Crippen molar-refractivity contribution in [1.82, 2.24) is 0 Å². The van der Waals surface area contributed by atoms with Crippen LogP contribution in [0.15, 0.2) is 0 Å². The van der Waals surface area contributed by atoms with E-state index in [9.17, 15) is 0 Å². The zero-order chi connectivity index (χ0) is 9.94. The summed E-state index contributed by atoms with van der Waals surface area (Å²) < 4.78 is 5.46. The minimum atomic E-state index is -0.546. The highest BCUT2D eigenvalue weighted by Gasteiger charge is 2.09. The lowest BCUT2D eigenvalue weighted by Gasteiger charge is -2.10. The first-order chi connectivity index (χ1) is 6.35. The third kappa shape index (κ3) is 9.07. The van der Waals surface area contributed by atoms with Gasteiger partial charge in [-0.3, -0.25) is 0 Å². The van der Waals surface area contributed by atoms with Crippen molar-refractivity contribution in [3.05, 3.63) is 0 Å².